The van der Waals surface area contributed by atoms with Crippen molar-refractivity contribution < 1.29 is 4.79 Å². The molecule has 0 saturated heterocycles. The molecule has 0 aliphatic rings. The molecule has 0 atom stereocenters. The van der Waals surface area contributed by atoms with Crippen LogP contribution in [0.15, 0.2) is 0 Å². The standard InChI is InChI=1S/C8H17NO.I4/c1-3-4-5-6-7-9-8(2)10;1-4(2)3/h3-7H2,1-2H3,(H,9,10);. The Morgan fingerprint density at radius 3 is 2.07 bits per heavy atom. The first-order chi connectivity index (χ1) is 6.50. The molecule has 0 aliphatic heterocycles. The van der Waals surface area contributed by atoms with Gasteiger partial charge in [-0.15, -0.1) is 0 Å². The third-order valence-electron chi connectivity index (χ3n) is 1.40. The zero-order valence-electron chi connectivity index (χ0n) is 8.46. The minimum absolute atomic E-state index is 0.0801. The van der Waals surface area contributed by atoms with Crippen molar-refractivity contribution in [3.8, 4) is 0 Å². The normalized spacial score (nSPS) is 9.93. The van der Waals surface area contributed by atoms with Gasteiger partial charge in [0.2, 0.25) is 5.91 Å². The van der Waals surface area contributed by atoms with E-state index in [-0.39, 0.29) is 13.8 Å². The third kappa shape index (κ3) is 29.3. The molecule has 0 aliphatic carbocycles. The van der Waals surface area contributed by atoms with E-state index < -0.39 is 0 Å². The predicted octanol–water partition coefficient (Wildman–Crippen LogP) is 5.25. The van der Waals surface area contributed by atoms with Gasteiger partial charge in [-0.05, 0) is 6.42 Å². The number of carbonyl (C=O) groups is 1. The Morgan fingerprint density at radius 1 is 1.21 bits per heavy atom. The summed E-state index contributed by atoms with van der Waals surface area (Å²) in [6, 6.07) is 0. The van der Waals surface area contributed by atoms with E-state index in [0.717, 1.165) is 13.0 Å². The molecule has 0 aromatic carbocycles. The number of nitrogens with one attached hydrogen (secondary N) is 1. The molecule has 0 aromatic rings. The van der Waals surface area contributed by atoms with Crippen LogP contribution in [0.2, 0.25) is 0 Å². The van der Waals surface area contributed by atoms with Crippen LogP contribution in [-0.2, 0) is 4.79 Å². The van der Waals surface area contributed by atoms with Crippen LogP contribution in [0.4, 0.5) is 0 Å². The van der Waals surface area contributed by atoms with Crippen LogP contribution in [0.5, 0.6) is 0 Å². The van der Waals surface area contributed by atoms with E-state index in [1.807, 2.05) is 0 Å². The molecule has 0 radical (unpaired) electrons. The van der Waals surface area contributed by atoms with Gasteiger partial charge < -0.3 is 5.32 Å². The Hall–Kier alpha value is 2.39. The predicted molar refractivity (Wildman–Crippen MR) is 98.9 cm³/mol. The monoisotopic (exact) mass is 651 g/mol. The van der Waals surface area contributed by atoms with Crippen LogP contribution in [0.25, 0.3) is 0 Å². The van der Waals surface area contributed by atoms with Crippen molar-refractivity contribution in [1.82, 2.24) is 5.32 Å². The van der Waals surface area contributed by atoms with Crippen LogP contribution < -0.4 is 5.32 Å². The Kier molecular flexibility index (Phi) is 20.6. The van der Waals surface area contributed by atoms with Gasteiger partial charge in [-0.2, -0.15) is 0 Å². The Balaban J connectivity index is 0. The van der Waals surface area contributed by atoms with Gasteiger partial charge in [0.05, 0.1) is 0 Å². The maximum absolute atomic E-state index is 10.4. The van der Waals surface area contributed by atoms with Crippen LogP contribution in [-0.4, -0.2) is 12.5 Å². The van der Waals surface area contributed by atoms with E-state index in [4.69, 9.17) is 0 Å². The SMILES string of the molecule is CCCCCCNC(C)=O.II(I)I. The summed E-state index contributed by atoms with van der Waals surface area (Å²) >= 11 is 7.42. The van der Waals surface area contributed by atoms with Gasteiger partial charge in [-0.3, -0.25) is 4.79 Å². The number of hydrogen-bond acceptors (Lipinski definition) is 1. The summed E-state index contributed by atoms with van der Waals surface area (Å²) in [4.78, 5) is 10.4. The minimum atomic E-state index is -0.353. The summed E-state index contributed by atoms with van der Waals surface area (Å²) in [5.41, 5.74) is 0. The summed E-state index contributed by atoms with van der Waals surface area (Å²) in [7, 11) is -0.353. The average Bonchev–Trinajstić information content (AvgIpc) is 2.02. The van der Waals surface area contributed by atoms with E-state index in [0.29, 0.717) is 0 Å². The molecule has 1 amide bonds. The fourth-order valence-electron chi connectivity index (χ4n) is 0.816. The van der Waals surface area contributed by atoms with Crippen molar-refractivity contribution >= 4 is 69.6 Å². The molecule has 0 fully saturated rings. The number of rotatable bonds is 5. The fraction of sp³-hybridized carbons (Fsp3) is 0.875. The molecule has 0 unspecified atom stereocenters. The zero-order valence-corrected chi connectivity index (χ0v) is 17.1. The average molecular weight is 651 g/mol. The second-order valence-corrected chi connectivity index (χ2v) is 51.4. The van der Waals surface area contributed by atoms with Crippen molar-refractivity contribution in [3.63, 3.8) is 0 Å². The first-order valence-corrected chi connectivity index (χ1v) is 23.3. The number of hydrogen-bond donors (Lipinski definition) is 1. The summed E-state index contributed by atoms with van der Waals surface area (Å²) in [5.74, 6) is 0.0801. The molecular weight excluding hydrogens is 634 g/mol. The molecule has 0 saturated carbocycles. The summed E-state index contributed by atoms with van der Waals surface area (Å²) in [6.45, 7) is 4.58. The van der Waals surface area contributed by atoms with Crippen LogP contribution >= 0.6 is 63.7 Å². The molecule has 0 spiro atoms. The second kappa shape index (κ2) is 15.4. The molecule has 0 aromatic heterocycles. The van der Waals surface area contributed by atoms with Gasteiger partial charge >= 0.3 is 63.7 Å². The van der Waals surface area contributed by atoms with E-state index in [2.05, 4.69) is 68.1 Å². The summed E-state index contributed by atoms with van der Waals surface area (Å²) in [5, 5.41) is 2.77. The van der Waals surface area contributed by atoms with Crippen molar-refractivity contribution in [2.75, 3.05) is 6.54 Å². The van der Waals surface area contributed by atoms with Crippen molar-refractivity contribution in [2.24, 2.45) is 0 Å². The van der Waals surface area contributed by atoms with Gasteiger partial charge in [0.25, 0.3) is 0 Å². The molecule has 0 heterocycles. The second-order valence-electron chi connectivity index (χ2n) is 2.71. The molecule has 0 bridgehead atoms. The zero-order chi connectivity index (χ0) is 11.4. The molecule has 14 heavy (non-hydrogen) atoms. The van der Waals surface area contributed by atoms with Crippen molar-refractivity contribution in [3.05, 3.63) is 0 Å². The number of amides is 1. The topological polar surface area (TPSA) is 29.1 Å². The van der Waals surface area contributed by atoms with Gasteiger partial charge in [-0.25, -0.2) is 0 Å². The molecule has 88 valence electrons. The first-order valence-electron chi connectivity index (χ1n) is 4.44. The van der Waals surface area contributed by atoms with E-state index in [1.54, 1.807) is 6.92 Å². The molecule has 6 heteroatoms. The van der Waals surface area contributed by atoms with Crippen LogP contribution in [0.3, 0.4) is 0 Å². The Bertz CT molecular complexity index is 130. The fourth-order valence-corrected chi connectivity index (χ4v) is 0.816. The van der Waals surface area contributed by atoms with Gasteiger partial charge in [0.15, 0.2) is 0 Å². The van der Waals surface area contributed by atoms with Gasteiger partial charge in [-0.1, -0.05) is 26.2 Å². The molecule has 2 nitrogen and oxygen atoms in total. The molecule has 1 N–H and O–H groups in total. The van der Waals surface area contributed by atoms with Crippen molar-refractivity contribution in [1.29, 1.82) is 0 Å². The molecule has 0 rings (SSSR count). The van der Waals surface area contributed by atoms with Crippen molar-refractivity contribution in [2.45, 2.75) is 39.5 Å². The number of carbonyl (C=O) groups excluding carboxylic acids is 1. The van der Waals surface area contributed by atoms with E-state index >= 15 is 0 Å². The van der Waals surface area contributed by atoms with Gasteiger partial charge in [0, 0.05) is 13.5 Å². The third-order valence-corrected chi connectivity index (χ3v) is 1.40. The molecular formula is C8H17I4NO. The maximum atomic E-state index is 10.4. The van der Waals surface area contributed by atoms with Crippen LogP contribution in [0.1, 0.15) is 39.5 Å². The van der Waals surface area contributed by atoms with Crippen LogP contribution in [0, 0.1) is 0 Å². The number of halogens is 4. The van der Waals surface area contributed by atoms with E-state index in [1.165, 1.54) is 19.3 Å². The summed E-state index contributed by atoms with van der Waals surface area (Å²) in [6.07, 6.45) is 4.88. The summed E-state index contributed by atoms with van der Waals surface area (Å²) < 4.78 is 0. The van der Waals surface area contributed by atoms with Gasteiger partial charge in [0.1, 0.15) is 0 Å². The number of unbranched alkanes of at least 4 members (excludes halogenated alkanes) is 3. The van der Waals surface area contributed by atoms with E-state index in [9.17, 15) is 4.79 Å². The first kappa shape index (κ1) is 18.7. The quantitative estimate of drug-likeness (QED) is 0.320. The Labute approximate surface area is 123 Å². The Morgan fingerprint density at radius 2 is 1.71 bits per heavy atom.